The number of hydrogen-bond donors (Lipinski definition) is 0. The van der Waals surface area contributed by atoms with Gasteiger partial charge in [-0.25, -0.2) is 0 Å². The summed E-state index contributed by atoms with van der Waals surface area (Å²) >= 11 is 6.18. The van der Waals surface area contributed by atoms with E-state index in [4.69, 9.17) is 11.6 Å². The smallest absolute Gasteiger partial charge is 0.0712 e. The molecular weight excluding hydrogens is 268 g/mol. The fourth-order valence-corrected chi connectivity index (χ4v) is 3.16. The molecule has 0 saturated heterocycles. The Morgan fingerprint density at radius 1 is 0.950 bits per heavy atom. The Kier molecular flexibility index (Phi) is 2.33. The molecule has 0 aliphatic rings. The molecule has 0 aliphatic heterocycles. The highest BCUT2D eigenvalue weighted by atomic mass is 35.5. The summed E-state index contributed by atoms with van der Waals surface area (Å²) in [5.74, 6) is 0. The maximum Gasteiger partial charge on any atom is 0.0712 e. The molecule has 2 aromatic heterocycles. The maximum atomic E-state index is 6.18. The lowest BCUT2D eigenvalue weighted by Crippen LogP contribution is -1.87. The van der Waals surface area contributed by atoms with Crippen molar-refractivity contribution in [3.05, 3.63) is 53.2 Å². The van der Waals surface area contributed by atoms with E-state index in [1.54, 1.807) is 0 Å². The van der Waals surface area contributed by atoms with Crippen LogP contribution in [0, 0.1) is 6.92 Å². The van der Waals surface area contributed by atoms with Crippen LogP contribution < -0.4 is 0 Å². The van der Waals surface area contributed by atoms with Gasteiger partial charge in [0.15, 0.2) is 0 Å². The van der Waals surface area contributed by atoms with E-state index in [0.717, 1.165) is 16.2 Å². The summed E-state index contributed by atoms with van der Waals surface area (Å²) in [6, 6.07) is 14.5. The van der Waals surface area contributed by atoms with E-state index < -0.39 is 0 Å². The van der Waals surface area contributed by atoms with Crippen LogP contribution in [-0.4, -0.2) is 9.55 Å². The molecule has 2 nitrogen and oxygen atoms in total. The number of fused-ring (bicyclic) bond motifs is 5. The Bertz CT molecular complexity index is 983. The molecule has 0 unspecified atom stereocenters. The molecule has 0 aliphatic carbocycles. The van der Waals surface area contributed by atoms with Gasteiger partial charge in [-0.15, -0.1) is 0 Å². The van der Waals surface area contributed by atoms with Crippen molar-refractivity contribution in [3.8, 4) is 0 Å². The third-order valence-electron chi connectivity index (χ3n) is 3.94. The summed E-state index contributed by atoms with van der Waals surface area (Å²) in [5.41, 5.74) is 4.47. The summed E-state index contributed by atoms with van der Waals surface area (Å²) in [7, 11) is 2.09. The van der Waals surface area contributed by atoms with E-state index in [1.165, 1.54) is 27.2 Å². The van der Waals surface area contributed by atoms with Crippen LogP contribution >= 0.6 is 11.6 Å². The fraction of sp³-hybridized carbons (Fsp3) is 0.118. The van der Waals surface area contributed by atoms with Crippen LogP contribution in [-0.2, 0) is 7.05 Å². The lowest BCUT2D eigenvalue weighted by molar-refractivity contribution is 1.01. The number of pyridine rings is 1. The van der Waals surface area contributed by atoms with Gasteiger partial charge in [-0.2, -0.15) is 0 Å². The molecule has 0 fully saturated rings. The average Bonchev–Trinajstić information content (AvgIpc) is 2.71. The van der Waals surface area contributed by atoms with Gasteiger partial charge in [-0.3, -0.25) is 4.98 Å². The number of rotatable bonds is 0. The van der Waals surface area contributed by atoms with Gasteiger partial charge in [0, 0.05) is 45.0 Å². The van der Waals surface area contributed by atoms with Crippen molar-refractivity contribution in [2.75, 3.05) is 0 Å². The molecule has 0 atom stereocenters. The van der Waals surface area contributed by atoms with Gasteiger partial charge < -0.3 is 4.57 Å². The highest BCUT2D eigenvalue weighted by Gasteiger charge is 2.12. The van der Waals surface area contributed by atoms with Crippen molar-refractivity contribution in [1.82, 2.24) is 9.55 Å². The van der Waals surface area contributed by atoms with E-state index in [0.29, 0.717) is 0 Å². The molecule has 20 heavy (non-hydrogen) atoms. The minimum absolute atomic E-state index is 0.766. The van der Waals surface area contributed by atoms with Gasteiger partial charge in [-0.1, -0.05) is 17.7 Å². The Balaban J connectivity index is 2.34. The number of nitrogens with zero attached hydrogens (tertiary/aromatic N) is 2. The fourth-order valence-electron chi connectivity index (χ4n) is 2.99. The molecule has 98 valence electrons. The van der Waals surface area contributed by atoms with E-state index in [1.807, 2.05) is 19.1 Å². The van der Waals surface area contributed by atoms with Crippen molar-refractivity contribution in [2.45, 2.75) is 6.92 Å². The first-order valence-electron chi connectivity index (χ1n) is 6.59. The molecule has 0 spiro atoms. The van der Waals surface area contributed by atoms with Crippen LogP contribution in [0.3, 0.4) is 0 Å². The zero-order valence-electron chi connectivity index (χ0n) is 11.3. The molecule has 0 N–H and O–H groups in total. The van der Waals surface area contributed by atoms with E-state index in [2.05, 4.69) is 46.9 Å². The van der Waals surface area contributed by atoms with Crippen LogP contribution in [0.25, 0.3) is 32.7 Å². The molecular formula is C17H13ClN2. The molecule has 0 amide bonds. The number of aryl methyl sites for hydroxylation is 2. The number of halogens is 1. The van der Waals surface area contributed by atoms with Crippen molar-refractivity contribution in [3.63, 3.8) is 0 Å². The highest BCUT2D eigenvalue weighted by molar-refractivity contribution is 6.32. The lowest BCUT2D eigenvalue weighted by atomic mass is 10.1. The van der Waals surface area contributed by atoms with Gasteiger partial charge in [0.2, 0.25) is 0 Å². The second-order valence-electron chi connectivity index (χ2n) is 5.20. The molecule has 3 heteroatoms. The van der Waals surface area contributed by atoms with Crippen molar-refractivity contribution < 1.29 is 0 Å². The summed E-state index contributed by atoms with van der Waals surface area (Å²) in [6.07, 6.45) is 0. The lowest BCUT2D eigenvalue weighted by Gasteiger charge is -2.02. The van der Waals surface area contributed by atoms with Crippen LogP contribution in [0.2, 0.25) is 5.02 Å². The second kappa shape index (κ2) is 3.97. The number of aromatic nitrogens is 2. The highest BCUT2D eigenvalue weighted by Crippen LogP contribution is 2.34. The molecule has 4 aromatic rings. The minimum Gasteiger partial charge on any atom is -0.344 e. The van der Waals surface area contributed by atoms with Gasteiger partial charge in [0.25, 0.3) is 0 Å². The molecule has 0 bridgehead atoms. The molecule has 0 saturated carbocycles. The third-order valence-corrected chi connectivity index (χ3v) is 4.17. The minimum atomic E-state index is 0.766. The Hall–Kier alpha value is -2.06. The zero-order valence-corrected chi connectivity index (χ0v) is 12.1. The topological polar surface area (TPSA) is 17.8 Å². The predicted octanol–water partition coefficient (Wildman–Crippen LogP) is 4.84. The SMILES string of the molecule is Cc1ccc2c(ccc3c2c2cc(Cl)ccc2n3C)n1. The normalized spacial score (nSPS) is 11.8. The quantitative estimate of drug-likeness (QED) is 0.450. The Labute approximate surface area is 121 Å². The van der Waals surface area contributed by atoms with Gasteiger partial charge in [0.05, 0.1) is 5.52 Å². The maximum absolute atomic E-state index is 6.18. The standard InChI is InChI=1S/C17H13ClN2/c1-10-3-5-12-14(19-10)6-8-16-17(12)13-9-11(18)4-7-15(13)20(16)2/h3-9H,1-2H3. The van der Waals surface area contributed by atoms with Crippen LogP contribution in [0.4, 0.5) is 0 Å². The Morgan fingerprint density at radius 3 is 2.60 bits per heavy atom. The molecule has 0 radical (unpaired) electrons. The van der Waals surface area contributed by atoms with Crippen LogP contribution in [0.5, 0.6) is 0 Å². The molecule has 4 rings (SSSR count). The largest absolute Gasteiger partial charge is 0.344 e. The van der Waals surface area contributed by atoms with Gasteiger partial charge in [0.1, 0.15) is 0 Å². The number of hydrogen-bond acceptors (Lipinski definition) is 1. The van der Waals surface area contributed by atoms with Crippen LogP contribution in [0.15, 0.2) is 42.5 Å². The van der Waals surface area contributed by atoms with Crippen molar-refractivity contribution in [2.24, 2.45) is 7.05 Å². The first-order valence-corrected chi connectivity index (χ1v) is 6.97. The average molecular weight is 281 g/mol. The molecule has 2 aromatic carbocycles. The predicted molar refractivity (Wildman–Crippen MR) is 85.5 cm³/mol. The molecule has 2 heterocycles. The summed E-state index contributed by atoms with van der Waals surface area (Å²) < 4.78 is 2.21. The van der Waals surface area contributed by atoms with Gasteiger partial charge in [-0.05, 0) is 43.3 Å². The summed E-state index contributed by atoms with van der Waals surface area (Å²) in [5, 5.41) is 4.37. The van der Waals surface area contributed by atoms with Crippen molar-refractivity contribution in [1.29, 1.82) is 0 Å². The van der Waals surface area contributed by atoms with E-state index in [9.17, 15) is 0 Å². The zero-order chi connectivity index (χ0) is 13.9. The van der Waals surface area contributed by atoms with E-state index >= 15 is 0 Å². The number of benzene rings is 2. The van der Waals surface area contributed by atoms with Crippen LogP contribution in [0.1, 0.15) is 5.69 Å². The first-order chi connectivity index (χ1) is 9.65. The summed E-state index contributed by atoms with van der Waals surface area (Å²) in [4.78, 5) is 4.62. The van der Waals surface area contributed by atoms with E-state index in [-0.39, 0.29) is 0 Å². The summed E-state index contributed by atoms with van der Waals surface area (Å²) in [6.45, 7) is 2.02. The first kappa shape index (κ1) is 11.7. The third kappa shape index (κ3) is 1.49. The van der Waals surface area contributed by atoms with Gasteiger partial charge >= 0.3 is 0 Å². The Morgan fingerprint density at radius 2 is 1.75 bits per heavy atom. The second-order valence-corrected chi connectivity index (χ2v) is 5.64. The monoisotopic (exact) mass is 280 g/mol. The van der Waals surface area contributed by atoms with Crippen molar-refractivity contribution >= 4 is 44.3 Å².